The van der Waals surface area contributed by atoms with Crippen LogP contribution in [0.5, 0.6) is 0 Å². The summed E-state index contributed by atoms with van der Waals surface area (Å²) in [5.41, 5.74) is 2.03. The predicted molar refractivity (Wildman–Crippen MR) is 110 cm³/mol. The van der Waals surface area contributed by atoms with Gasteiger partial charge in [0.05, 0.1) is 10.6 Å². The normalized spacial score (nSPS) is 14.3. The highest BCUT2D eigenvalue weighted by Crippen LogP contribution is 2.37. The Labute approximate surface area is 169 Å². The number of carbonyl (C=O) groups is 2. The Morgan fingerprint density at radius 3 is 2.26 bits per heavy atom. The molecule has 0 aromatic heterocycles. The molecule has 0 atom stereocenters. The molecule has 6 heteroatoms. The van der Waals surface area contributed by atoms with E-state index in [2.05, 4.69) is 0 Å². The summed E-state index contributed by atoms with van der Waals surface area (Å²) in [6.45, 7) is 4.78. The van der Waals surface area contributed by atoms with Crippen LogP contribution in [0.1, 0.15) is 25.8 Å². The highest BCUT2D eigenvalue weighted by molar-refractivity contribution is 6.41. The fraction of sp³-hybridized carbons (Fsp3) is 0.238. The zero-order valence-electron chi connectivity index (χ0n) is 15.2. The first-order valence-electron chi connectivity index (χ1n) is 8.88. The van der Waals surface area contributed by atoms with Gasteiger partial charge in [-0.1, -0.05) is 54.4 Å². The maximum absolute atomic E-state index is 13.2. The number of para-hydroxylation sites is 1. The SMILES string of the molecule is CCCN1C(=O)C(c2ccc(Cl)cc2Cl)=C(N(CC)c2ccccc2)C1=O. The van der Waals surface area contributed by atoms with E-state index in [0.717, 1.165) is 5.69 Å². The van der Waals surface area contributed by atoms with Gasteiger partial charge in [0.15, 0.2) is 0 Å². The molecule has 2 aromatic carbocycles. The van der Waals surface area contributed by atoms with Crippen molar-refractivity contribution in [3.05, 3.63) is 69.8 Å². The van der Waals surface area contributed by atoms with Crippen molar-refractivity contribution in [2.45, 2.75) is 20.3 Å². The Morgan fingerprint density at radius 1 is 0.963 bits per heavy atom. The van der Waals surface area contributed by atoms with Crippen molar-refractivity contribution in [2.24, 2.45) is 0 Å². The topological polar surface area (TPSA) is 40.6 Å². The minimum absolute atomic E-state index is 0.298. The van der Waals surface area contributed by atoms with Crippen molar-refractivity contribution in [2.75, 3.05) is 18.0 Å². The van der Waals surface area contributed by atoms with Gasteiger partial charge in [-0.15, -0.1) is 0 Å². The zero-order chi connectivity index (χ0) is 19.6. The van der Waals surface area contributed by atoms with E-state index in [-0.39, 0.29) is 11.8 Å². The van der Waals surface area contributed by atoms with Gasteiger partial charge < -0.3 is 4.90 Å². The Kier molecular flexibility index (Phi) is 5.88. The summed E-state index contributed by atoms with van der Waals surface area (Å²) in [6.07, 6.45) is 0.684. The molecule has 0 saturated heterocycles. The second kappa shape index (κ2) is 8.15. The quantitative estimate of drug-likeness (QED) is 0.637. The maximum Gasteiger partial charge on any atom is 0.278 e. The third kappa shape index (κ3) is 3.60. The summed E-state index contributed by atoms with van der Waals surface area (Å²) < 4.78 is 0. The lowest BCUT2D eigenvalue weighted by Gasteiger charge is -2.25. The van der Waals surface area contributed by atoms with E-state index in [0.29, 0.717) is 46.4 Å². The van der Waals surface area contributed by atoms with Gasteiger partial charge in [-0.3, -0.25) is 14.5 Å². The summed E-state index contributed by atoms with van der Waals surface area (Å²) >= 11 is 12.4. The Morgan fingerprint density at radius 2 is 1.67 bits per heavy atom. The lowest BCUT2D eigenvalue weighted by atomic mass is 10.0. The molecule has 3 rings (SSSR count). The number of carbonyl (C=O) groups excluding carboxylic acids is 2. The maximum atomic E-state index is 13.2. The van der Waals surface area contributed by atoms with Gasteiger partial charge in [0.2, 0.25) is 0 Å². The predicted octanol–water partition coefficient (Wildman–Crippen LogP) is 5.01. The number of hydrogen-bond donors (Lipinski definition) is 0. The lowest BCUT2D eigenvalue weighted by molar-refractivity contribution is -0.136. The molecule has 0 unspecified atom stereocenters. The first kappa shape index (κ1) is 19.5. The fourth-order valence-electron chi connectivity index (χ4n) is 3.25. The zero-order valence-corrected chi connectivity index (χ0v) is 16.7. The van der Waals surface area contributed by atoms with Crippen molar-refractivity contribution < 1.29 is 9.59 Å². The van der Waals surface area contributed by atoms with E-state index < -0.39 is 0 Å². The third-order valence-corrected chi connectivity index (χ3v) is 4.99. The van der Waals surface area contributed by atoms with E-state index in [1.165, 1.54) is 4.90 Å². The highest BCUT2D eigenvalue weighted by Gasteiger charge is 2.41. The van der Waals surface area contributed by atoms with E-state index >= 15 is 0 Å². The molecule has 0 N–H and O–H groups in total. The van der Waals surface area contributed by atoms with Crippen molar-refractivity contribution in [1.82, 2.24) is 4.90 Å². The van der Waals surface area contributed by atoms with Crippen LogP contribution in [0.25, 0.3) is 5.57 Å². The molecule has 27 heavy (non-hydrogen) atoms. The molecule has 2 amide bonds. The van der Waals surface area contributed by atoms with Crippen LogP contribution in [0.2, 0.25) is 10.0 Å². The molecule has 0 radical (unpaired) electrons. The molecule has 1 heterocycles. The average Bonchev–Trinajstić information content (AvgIpc) is 2.89. The van der Waals surface area contributed by atoms with E-state index in [9.17, 15) is 9.59 Å². The van der Waals surface area contributed by atoms with Crippen LogP contribution in [0.4, 0.5) is 5.69 Å². The van der Waals surface area contributed by atoms with Gasteiger partial charge in [0.1, 0.15) is 5.70 Å². The van der Waals surface area contributed by atoms with Gasteiger partial charge >= 0.3 is 0 Å². The standard InChI is InChI=1S/C21H20Cl2N2O2/c1-3-12-25-20(26)18(16-11-10-14(22)13-17(16)23)19(21(25)27)24(4-2)15-8-6-5-7-9-15/h5-11,13H,3-4,12H2,1-2H3. The number of hydrogen-bond acceptors (Lipinski definition) is 3. The second-order valence-corrected chi connectivity index (χ2v) is 7.03. The number of benzene rings is 2. The Hall–Kier alpha value is -2.30. The third-order valence-electron chi connectivity index (χ3n) is 4.45. The largest absolute Gasteiger partial charge is 0.337 e. The number of likely N-dealkylation sites (N-methyl/N-ethyl adjacent to an activating group) is 1. The van der Waals surface area contributed by atoms with Gasteiger partial charge in [0.25, 0.3) is 11.8 Å². The van der Waals surface area contributed by atoms with Crippen molar-refractivity contribution in [3.63, 3.8) is 0 Å². The number of rotatable bonds is 6. The van der Waals surface area contributed by atoms with Crippen LogP contribution in [0.15, 0.2) is 54.2 Å². The molecule has 1 aliphatic rings. The number of halogens is 2. The molecule has 0 fully saturated rings. The number of anilines is 1. The van der Waals surface area contributed by atoms with Crippen LogP contribution in [-0.4, -0.2) is 29.8 Å². The van der Waals surface area contributed by atoms with E-state index in [4.69, 9.17) is 23.2 Å². The average molecular weight is 403 g/mol. The summed E-state index contributed by atoms with van der Waals surface area (Å²) in [5, 5.41) is 0.821. The van der Waals surface area contributed by atoms with Crippen LogP contribution in [0.3, 0.4) is 0 Å². The molecule has 140 valence electrons. The first-order chi connectivity index (χ1) is 13.0. The number of amides is 2. The fourth-order valence-corrected chi connectivity index (χ4v) is 3.76. The van der Waals surface area contributed by atoms with E-state index in [1.54, 1.807) is 18.2 Å². The second-order valence-electron chi connectivity index (χ2n) is 6.19. The van der Waals surface area contributed by atoms with E-state index in [1.807, 2.05) is 49.1 Å². The van der Waals surface area contributed by atoms with Crippen LogP contribution in [0, 0.1) is 0 Å². The monoisotopic (exact) mass is 402 g/mol. The highest BCUT2D eigenvalue weighted by atomic mass is 35.5. The van der Waals surface area contributed by atoms with Gasteiger partial charge in [-0.25, -0.2) is 0 Å². The molecule has 1 aliphatic heterocycles. The van der Waals surface area contributed by atoms with Crippen LogP contribution >= 0.6 is 23.2 Å². The molecular weight excluding hydrogens is 383 g/mol. The smallest absolute Gasteiger partial charge is 0.278 e. The Bertz CT molecular complexity index is 910. The minimum Gasteiger partial charge on any atom is -0.337 e. The van der Waals surface area contributed by atoms with Crippen molar-refractivity contribution in [3.8, 4) is 0 Å². The number of nitrogens with zero attached hydrogens (tertiary/aromatic N) is 2. The summed E-state index contributed by atoms with van der Waals surface area (Å²) in [6, 6.07) is 14.5. The van der Waals surface area contributed by atoms with Crippen LogP contribution in [-0.2, 0) is 9.59 Å². The van der Waals surface area contributed by atoms with Crippen molar-refractivity contribution in [1.29, 1.82) is 0 Å². The molecule has 4 nitrogen and oxygen atoms in total. The van der Waals surface area contributed by atoms with Crippen LogP contribution < -0.4 is 4.90 Å². The molecule has 2 aromatic rings. The summed E-state index contributed by atoms with van der Waals surface area (Å²) in [4.78, 5) is 29.5. The number of imide groups is 1. The van der Waals surface area contributed by atoms with Gasteiger partial charge in [0, 0.05) is 29.4 Å². The van der Waals surface area contributed by atoms with Gasteiger partial charge in [-0.05, 0) is 37.6 Å². The molecule has 0 aliphatic carbocycles. The van der Waals surface area contributed by atoms with Gasteiger partial charge in [-0.2, -0.15) is 0 Å². The molecule has 0 bridgehead atoms. The molecule has 0 saturated carbocycles. The summed E-state index contributed by atoms with van der Waals surface area (Å²) in [5.74, 6) is -0.621. The summed E-state index contributed by atoms with van der Waals surface area (Å²) in [7, 11) is 0. The minimum atomic E-state index is -0.324. The lowest BCUT2D eigenvalue weighted by Crippen LogP contribution is -2.35. The molecular formula is C21H20Cl2N2O2. The molecule has 0 spiro atoms. The first-order valence-corrected chi connectivity index (χ1v) is 9.63. The Balaban J connectivity index is 2.23. The van der Waals surface area contributed by atoms with Crippen molar-refractivity contribution >= 4 is 46.3 Å².